The summed E-state index contributed by atoms with van der Waals surface area (Å²) < 4.78 is 29.3. The number of aryl methyl sites for hydroxylation is 2. The summed E-state index contributed by atoms with van der Waals surface area (Å²) >= 11 is 0. The zero-order valence-corrected chi connectivity index (χ0v) is 16.9. The monoisotopic (exact) mass is 392 g/mol. The summed E-state index contributed by atoms with van der Waals surface area (Å²) in [6.45, 7) is 6.56. The molecule has 2 heterocycles. The van der Waals surface area contributed by atoms with Crippen molar-refractivity contribution in [3.8, 4) is 0 Å². The first kappa shape index (κ1) is 19.8. The van der Waals surface area contributed by atoms with Crippen LogP contribution in [0.3, 0.4) is 0 Å². The molecule has 0 radical (unpaired) electrons. The van der Waals surface area contributed by atoms with E-state index in [1.807, 2.05) is 13.0 Å². The highest BCUT2D eigenvalue weighted by Crippen LogP contribution is 2.25. The topological polar surface area (TPSA) is 84.3 Å². The SMILES string of the molecule is CCCn1c(CCC(=O)NCC)nc2cc(S(=O)(=O)N3CCCC3)ccc21. The number of carbonyl (C=O) groups is 1. The minimum atomic E-state index is -3.46. The third kappa shape index (κ3) is 4.16. The predicted octanol–water partition coefficient (Wildman–Crippen LogP) is 2.30. The van der Waals surface area contributed by atoms with E-state index < -0.39 is 10.0 Å². The summed E-state index contributed by atoms with van der Waals surface area (Å²) in [6, 6.07) is 5.19. The van der Waals surface area contributed by atoms with Crippen LogP contribution in [0.1, 0.15) is 45.4 Å². The van der Waals surface area contributed by atoms with E-state index in [4.69, 9.17) is 0 Å². The number of fused-ring (bicyclic) bond motifs is 1. The van der Waals surface area contributed by atoms with Crippen molar-refractivity contribution in [1.29, 1.82) is 0 Å². The molecule has 1 fully saturated rings. The summed E-state index contributed by atoms with van der Waals surface area (Å²) in [5, 5.41) is 2.80. The second-order valence-electron chi connectivity index (χ2n) is 6.89. The lowest BCUT2D eigenvalue weighted by molar-refractivity contribution is -0.120. The van der Waals surface area contributed by atoms with E-state index in [1.165, 1.54) is 0 Å². The number of nitrogens with zero attached hydrogens (tertiary/aromatic N) is 3. The van der Waals surface area contributed by atoms with Gasteiger partial charge in [0.05, 0.1) is 15.9 Å². The molecule has 1 N–H and O–H groups in total. The maximum atomic E-state index is 12.8. The molecular weight excluding hydrogens is 364 g/mol. The first-order valence-electron chi connectivity index (χ1n) is 9.73. The minimum Gasteiger partial charge on any atom is -0.356 e. The molecule has 8 heteroatoms. The maximum Gasteiger partial charge on any atom is 0.243 e. The third-order valence-corrected chi connectivity index (χ3v) is 6.79. The average Bonchev–Trinajstić information content (AvgIpc) is 3.29. The van der Waals surface area contributed by atoms with Crippen molar-refractivity contribution in [3.63, 3.8) is 0 Å². The Morgan fingerprint density at radius 3 is 2.63 bits per heavy atom. The van der Waals surface area contributed by atoms with Crippen molar-refractivity contribution < 1.29 is 13.2 Å². The van der Waals surface area contributed by atoms with Gasteiger partial charge in [-0.15, -0.1) is 0 Å². The number of amides is 1. The largest absolute Gasteiger partial charge is 0.356 e. The summed E-state index contributed by atoms with van der Waals surface area (Å²) in [5.74, 6) is 0.832. The van der Waals surface area contributed by atoms with Gasteiger partial charge in [-0.25, -0.2) is 13.4 Å². The van der Waals surface area contributed by atoms with Crippen molar-refractivity contribution in [2.75, 3.05) is 19.6 Å². The Morgan fingerprint density at radius 2 is 1.96 bits per heavy atom. The van der Waals surface area contributed by atoms with Gasteiger partial charge in [0.1, 0.15) is 5.82 Å². The third-order valence-electron chi connectivity index (χ3n) is 4.90. The summed E-state index contributed by atoms with van der Waals surface area (Å²) in [5.41, 5.74) is 1.60. The van der Waals surface area contributed by atoms with E-state index in [-0.39, 0.29) is 5.91 Å². The van der Waals surface area contributed by atoms with Gasteiger partial charge in [0.15, 0.2) is 0 Å². The molecule has 0 atom stereocenters. The van der Waals surface area contributed by atoms with Crippen LogP contribution in [0.2, 0.25) is 0 Å². The van der Waals surface area contributed by atoms with E-state index in [0.29, 0.717) is 42.9 Å². The number of benzene rings is 1. The number of imidazole rings is 1. The van der Waals surface area contributed by atoms with Gasteiger partial charge < -0.3 is 9.88 Å². The second kappa shape index (κ2) is 8.39. The number of hydrogen-bond donors (Lipinski definition) is 1. The summed E-state index contributed by atoms with van der Waals surface area (Å²) in [4.78, 5) is 16.8. The van der Waals surface area contributed by atoms with Crippen molar-refractivity contribution in [3.05, 3.63) is 24.0 Å². The highest BCUT2D eigenvalue weighted by atomic mass is 32.2. The molecule has 1 saturated heterocycles. The van der Waals surface area contributed by atoms with Crippen LogP contribution in [0, 0.1) is 0 Å². The smallest absolute Gasteiger partial charge is 0.243 e. The van der Waals surface area contributed by atoms with Gasteiger partial charge in [-0.3, -0.25) is 4.79 Å². The Morgan fingerprint density at radius 1 is 1.22 bits per heavy atom. The molecule has 1 aromatic carbocycles. The first-order chi connectivity index (χ1) is 13.0. The number of sulfonamides is 1. The zero-order chi connectivity index (χ0) is 19.4. The molecule has 1 amide bonds. The Bertz CT molecular complexity index is 914. The zero-order valence-electron chi connectivity index (χ0n) is 16.1. The lowest BCUT2D eigenvalue weighted by atomic mass is 10.2. The quantitative estimate of drug-likeness (QED) is 0.747. The van der Waals surface area contributed by atoms with Crippen molar-refractivity contribution in [2.24, 2.45) is 0 Å². The van der Waals surface area contributed by atoms with E-state index in [0.717, 1.165) is 37.1 Å². The molecule has 148 valence electrons. The molecule has 2 aromatic rings. The number of aromatic nitrogens is 2. The standard InChI is InChI=1S/C19H28N4O3S/c1-3-11-23-17-8-7-15(27(25,26)22-12-5-6-13-22)14-16(17)21-18(23)9-10-19(24)20-4-2/h7-8,14H,3-6,9-13H2,1-2H3,(H,20,24). The molecule has 1 aliphatic heterocycles. The van der Waals surface area contributed by atoms with Gasteiger partial charge in [-0.05, 0) is 44.4 Å². The lowest BCUT2D eigenvalue weighted by Gasteiger charge is -2.15. The Balaban J connectivity index is 1.93. The number of rotatable bonds is 8. The van der Waals surface area contributed by atoms with E-state index in [1.54, 1.807) is 16.4 Å². The number of hydrogen-bond acceptors (Lipinski definition) is 4. The number of nitrogens with one attached hydrogen (secondary N) is 1. The van der Waals surface area contributed by atoms with Crippen molar-refractivity contribution in [1.82, 2.24) is 19.2 Å². The van der Waals surface area contributed by atoms with E-state index in [2.05, 4.69) is 21.8 Å². The van der Waals surface area contributed by atoms with Gasteiger partial charge in [-0.2, -0.15) is 4.31 Å². The maximum absolute atomic E-state index is 12.8. The van der Waals surface area contributed by atoms with Crippen molar-refractivity contribution >= 4 is 27.0 Å². The van der Waals surface area contributed by atoms with Crippen LogP contribution in [0.4, 0.5) is 0 Å². The molecule has 0 aliphatic carbocycles. The van der Waals surface area contributed by atoms with Crippen LogP contribution in [0.5, 0.6) is 0 Å². The average molecular weight is 393 g/mol. The fourth-order valence-electron chi connectivity index (χ4n) is 3.57. The van der Waals surface area contributed by atoms with Crippen LogP contribution >= 0.6 is 0 Å². The molecule has 1 aromatic heterocycles. The fraction of sp³-hybridized carbons (Fsp3) is 0.579. The molecule has 1 aliphatic rings. The van der Waals surface area contributed by atoms with E-state index >= 15 is 0 Å². The van der Waals surface area contributed by atoms with Crippen LogP contribution in [-0.2, 0) is 27.8 Å². The van der Waals surface area contributed by atoms with Gasteiger partial charge in [0.25, 0.3) is 0 Å². The van der Waals surface area contributed by atoms with Crippen LogP contribution < -0.4 is 5.32 Å². The highest BCUT2D eigenvalue weighted by molar-refractivity contribution is 7.89. The van der Waals surface area contributed by atoms with Crippen LogP contribution in [-0.4, -0.2) is 47.8 Å². The minimum absolute atomic E-state index is 0.00454. The second-order valence-corrected chi connectivity index (χ2v) is 8.83. The molecule has 27 heavy (non-hydrogen) atoms. The normalized spacial score (nSPS) is 15.5. The summed E-state index contributed by atoms with van der Waals surface area (Å²) in [6.07, 6.45) is 3.68. The number of carbonyl (C=O) groups excluding carboxylic acids is 1. The molecular formula is C19H28N4O3S. The van der Waals surface area contributed by atoms with Gasteiger partial charge in [0.2, 0.25) is 15.9 Å². The van der Waals surface area contributed by atoms with E-state index in [9.17, 15) is 13.2 Å². The highest BCUT2D eigenvalue weighted by Gasteiger charge is 2.27. The molecule has 0 saturated carbocycles. The molecule has 0 unspecified atom stereocenters. The lowest BCUT2D eigenvalue weighted by Crippen LogP contribution is -2.27. The Labute approximate surface area is 160 Å². The molecule has 7 nitrogen and oxygen atoms in total. The fourth-order valence-corrected chi connectivity index (χ4v) is 5.11. The molecule has 3 rings (SSSR count). The molecule has 0 spiro atoms. The van der Waals surface area contributed by atoms with Crippen LogP contribution in [0.15, 0.2) is 23.1 Å². The Hall–Kier alpha value is -1.93. The van der Waals surface area contributed by atoms with Crippen LogP contribution in [0.25, 0.3) is 11.0 Å². The first-order valence-corrected chi connectivity index (χ1v) is 11.2. The molecule has 0 bridgehead atoms. The van der Waals surface area contributed by atoms with Gasteiger partial charge in [0, 0.05) is 39.0 Å². The van der Waals surface area contributed by atoms with Gasteiger partial charge >= 0.3 is 0 Å². The Kier molecular flexibility index (Phi) is 6.16. The van der Waals surface area contributed by atoms with Crippen molar-refractivity contribution in [2.45, 2.75) is 57.4 Å². The van der Waals surface area contributed by atoms with Gasteiger partial charge in [-0.1, -0.05) is 6.92 Å². The summed E-state index contributed by atoms with van der Waals surface area (Å²) in [7, 11) is -3.46. The predicted molar refractivity (Wildman–Crippen MR) is 105 cm³/mol.